The number of sulfone groups is 2. The molecule has 1 heterocycles. The van der Waals surface area contributed by atoms with E-state index in [-0.39, 0.29) is 27.7 Å². The van der Waals surface area contributed by atoms with Crippen LogP contribution in [0.3, 0.4) is 0 Å². The molecule has 0 aromatic heterocycles. The molecule has 2 aromatic carbocycles. The van der Waals surface area contributed by atoms with E-state index in [1.807, 2.05) is 0 Å². The molecule has 0 amide bonds. The second-order valence-corrected chi connectivity index (χ2v) is 12.5. The standard InChI is InChI=1S/C17H19NO7S3/c1-25-17-8-3-2-7-16(17)18-28(23,24)14-6-4-5-13(11-14)27(21,22)15-9-10-26(19,20)12-15/h2-8,11,15,18H,9-10,12H2,1H3. The van der Waals surface area contributed by atoms with E-state index in [9.17, 15) is 25.3 Å². The summed E-state index contributed by atoms with van der Waals surface area (Å²) in [6.45, 7) is 0. The Bertz CT molecular complexity index is 1200. The van der Waals surface area contributed by atoms with Crippen LogP contribution >= 0.6 is 0 Å². The smallest absolute Gasteiger partial charge is 0.262 e. The fraction of sp³-hybridized carbons (Fsp3) is 0.294. The van der Waals surface area contributed by atoms with Gasteiger partial charge in [0.2, 0.25) is 0 Å². The third kappa shape index (κ3) is 4.15. The second-order valence-electron chi connectivity index (χ2n) is 6.35. The summed E-state index contributed by atoms with van der Waals surface area (Å²) in [5, 5.41) is -1.07. The predicted molar refractivity (Wildman–Crippen MR) is 104 cm³/mol. The van der Waals surface area contributed by atoms with Gasteiger partial charge in [-0.2, -0.15) is 0 Å². The lowest BCUT2D eigenvalue weighted by molar-refractivity contribution is 0.417. The lowest BCUT2D eigenvalue weighted by Gasteiger charge is -2.14. The normalized spacial score (nSPS) is 19.2. The van der Waals surface area contributed by atoms with Crippen molar-refractivity contribution >= 4 is 35.4 Å². The Morgan fingerprint density at radius 2 is 1.68 bits per heavy atom. The third-order valence-corrected chi connectivity index (χ3v) is 9.96. The summed E-state index contributed by atoms with van der Waals surface area (Å²) in [5.41, 5.74) is 0.208. The van der Waals surface area contributed by atoms with Crippen LogP contribution in [0.2, 0.25) is 0 Å². The summed E-state index contributed by atoms with van der Waals surface area (Å²) in [7, 11) is -10.1. The zero-order valence-corrected chi connectivity index (χ0v) is 17.3. The average molecular weight is 446 g/mol. The molecule has 2 aromatic rings. The molecular weight excluding hydrogens is 426 g/mol. The van der Waals surface area contributed by atoms with E-state index in [0.717, 1.165) is 6.07 Å². The molecule has 1 fully saturated rings. The number of hydrogen-bond acceptors (Lipinski definition) is 7. The number of ether oxygens (including phenoxy) is 1. The summed E-state index contributed by atoms with van der Waals surface area (Å²) in [4.78, 5) is -0.474. The number of methoxy groups -OCH3 is 1. The number of para-hydroxylation sites is 2. The molecular formula is C17H19NO7S3. The number of sulfonamides is 1. The summed E-state index contributed by atoms with van der Waals surface area (Å²) in [6, 6.07) is 11.3. The first-order valence-electron chi connectivity index (χ1n) is 8.25. The van der Waals surface area contributed by atoms with E-state index >= 15 is 0 Å². The molecule has 1 aliphatic rings. The number of hydrogen-bond donors (Lipinski definition) is 1. The fourth-order valence-corrected chi connectivity index (χ4v) is 8.54. The van der Waals surface area contributed by atoms with Gasteiger partial charge in [0, 0.05) is 0 Å². The molecule has 1 saturated heterocycles. The highest BCUT2D eigenvalue weighted by molar-refractivity contribution is 7.96. The van der Waals surface area contributed by atoms with Gasteiger partial charge in [0.05, 0.1) is 39.3 Å². The van der Waals surface area contributed by atoms with E-state index in [2.05, 4.69) is 4.72 Å². The predicted octanol–water partition coefficient (Wildman–Crippen LogP) is 1.46. The summed E-state index contributed by atoms with van der Waals surface area (Å²) < 4.78 is 81.7. The van der Waals surface area contributed by atoms with Crippen LogP contribution in [-0.2, 0) is 29.7 Å². The number of nitrogens with one attached hydrogen (secondary N) is 1. The molecule has 1 atom stereocenters. The molecule has 152 valence electrons. The Morgan fingerprint density at radius 3 is 2.32 bits per heavy atom. The van der Waals surface area contributed by atoms with Crippen LogP contribution in [0.25, 0.3) is 0 Å². The molecule has 0 aliphatic carbocycles. The zero-order valence-electron chi connectivity index (χ0n) is 14.9. The lowest BCUT2D eigenvalue weighted by atomic mass is 10.3. The van der Waals surface area contributed by atoms with Gasteiger partial charge in [-0.3, -0.25) is 4.72 Å². The Hall–Kier alpha value is -2.11. The van der Waals surface area contributed by atoms with Crippen molar-refractivity contribution in [2.45, 2.75) is 21.5 Å². The van der Waals surface area contributed by atoms with Crippen LogP contribution < -0.4 is 9.46 Å². The van der Waals surface area contributed by atoms with Crippen molar-refractivity contribution in [2.75, 3.05) is 23.3 Å². The Kier molecular flexibility index (Phi) is 5.43. The molecule has 3 rings (SSSR count). The molecule has 0 bridgehead atoms. The van der Waals surface area contributed by atoms with Crippen LogP contribution in [0.1, 0.15) is 6.42 Å². The maximum atomic E-state index is 12.8. The molecule has 1 aliphatic heterocycles. The first-order chi connectivity index (χ1) is 13.0. The van der Waals surface area contributed by atoms with Crippen LogP contribution in [0.4, 0.5) is 5.69 Å². The maximum absolute atomic E-state index is 12.8. The van der Waals surface area contributed by atoms with Gasteiger partial charge in [-0.1, -0.05) is 18.2 Å². The maximum Gasteiger partial charge on any atom is 0.262 e. The van der Waals surface area contributed by atoms with Gasteiger partial charge in [-0.25, -0.2) is 25.3 Å². The molecule has 28 heavy (non-hydrogen) atoms. The second kappa shape index (κ2) is 7.37. The van der Waals surface area contributed by atoms with Crippen molar-refractivity contribution in [3.05, 3.63) is 48.5 Å². The van der Waals surface area contributed by atoms with Crippen molar-refractivity contribution in [1.29, 1.82) is 0 Å². The van der Waals surface area contributed by atoms with Gasteiger partial charge in [-0.05, 0) is 36.8 Å². The average Bonchev–Trinajstić information content (AvgIpc) is 3.02. The molecule has 0 spiro atoms. The quantitative estimate of drug-likeness (QED) is 0.714. The highest BCUT2D eigenvalue weighted by atomic mass is 32.2. The third-order valence-electron chi connectivity index (χ3n) is 4.43. The Labute approximate surface area is 164 Å². The molecule has 11 heteroatoms. The topological polar surface area (TPSA) is 124 Å². The van der Waals surface area contributed by atoms with Gasteiger partial charge in [0.1, 0.15) is 5.75 Å². The number of anilines is 1. The van der Waals surface area contributed by atoms with E-state index in [1.54, 1.807) is 18.2 Å². The molecule has 0 radical (unpaired) electrons. The first kappa shape index (κ1) is 20.6. The van der Waals surface area contributed by atoms with Gasteiger partial charge in [0.15, 0.2) is 19.7 Å². The largest absolute Gasteiger partial charge is 0.495 e. The van der Waals surface area contributed by atoms with Crippen molar-refractivity contribution in [3.63, 3.8) is 0 Å². The van der Waals surface area contributed by atoms with Gasteiger partial charge in [0.25, 0.3) is 10.0 Å². The minimum Gasteiger partial charge on any atom is -0.495 e. The molecule has 0 saturated carbocycles. The number of benzene rings is 2. The number of rotatable bonds is 6. The van der Waals surface area contributed by atoms with Crippen LogP contribution in [0.5, 0.6) is 5.75 Å². The monoisotopic (exact) mass is 445 g/mol. The summed E-state index contributed by atoms with van der Waals surface area (Å²) in [6.07, 6.45) is 0.00110. The molecule has 1 N–H and O–H groups in total. The van der Waals surface area contributed by atoms with Crippen LogP contribution in [0.15, 0.2) is 58.3 Å². The first-order valence-corrected chi connectivity index (χ1v) is 13.1. The van der Waals surface area contributed by atoms with E-state index in [4.69, 9.17) is 4.74 Å². The van der Waals surface area contributed by atoms with E-state index < -0.39 is 40.7 Å². The van der Waals surface area contributed by atoms with Gasteiger partial charge in [-0.15, -0.1) is 0 Å². The minimum atomic E-state index is -4.09. The SMILES string of the molecule is COc1ccccc1NS(=O)(=O)c1cccc(S(=O)(=O)C2CCS(=O)(=O)C2)c1. The van der Waals surface area contributed by atoms with Gasteiger partial charge < -0.3 is 4.74 Å². The zero-order chi connectivity index (χ0) is 20.6. The molecule has 8 nitrogen and oxygen atoms in total. The lowest BCUT2D eigenvalue weighted by Crippen LogP contribution is -2.23. The van der Waals surface area contributed by atoms with Crippen molar-refractivity contribution < 1.29 is 30.0 Å². The van der Waals surface area contributed by atoms with Crippen molar-refractivity contribution in [3.8, 4) is 5.75 Å². The van der Waals surface area contributed by atoms with E-state index in [1.165, 1.54) is 31.4 Å². The summed E-state index contributed by atoms with van der Waals surface area (Å²) in [5.74, 6) is -0.332. The molecule has 1 unspecified atom stereocenters. The van der Waals surface area contributed by atoms with Crippen LogP contribution in [0, 0.1) is 0 Å². The van der Waals surface area contributed by atoms with Crippen molar-refractivity contribution in [2.24, 2.45) is 0 Å². The highest BCUT2D eigenvalue weighted by Gasteiger charge is 2.38. The van der Waals surface area contributed by atoms with Gasteiger partial charge >= 0.3 is 0 Å². The van der Waals surface area contributed by atoms with E-state index in [0.29, 0.717) is 5.75 Å². The Morgan fingerprint density at radius 1 is 1.00 bits per heavy atom. The Balaban J connectivity index is 1.94. The minimum absolute atomic E-state index is 0.00110. The van der Waals surface area contributed by atoms with Crippen molar-refractivity contribution in [1.82, 2.24) is 0 Å². The highest BCUT2D eigenvalue weighted by Crippen LogP contribution is 2.29. The fourth-order valence-electron chi connectivity index (χ4n) is 2.95. The van der Waals surface area contributed by atoms with Crippen LogP contribution in [-0.4, -0.2) is 49.1 Å². The summed E-state index contributed by atoms with van der Waals surface area (Å²) >= 11 is 0.